The second-order valence-corrected chi connectivity index (χ2v) is 34.6. The third kappa shape index (κ3) is 10.7. The first-order chi connectivity index (χ1) is 61.2. The molecule has 113 heavy (non-hydrogen) atoms. The van der Waals surface area contributed by atoms with Gasteiger partial charge in [0.1, 0.15) is 0 Å². The Kier molecular flexibility index (Phi) is 11.7. The maximum Gasteiger partial charge on any atom is 0.252 e. The lowest BCUT2D eigenvalue weighted by atomic mass is 9.33. The van der Waals surface area contributed by atoms with Crippen LogP contribution in [0.4, 0.5) is 34.1 Å². The predicted octanol–water partition coefficient (Wildman–Crippen LogP) is 27.2. The van der Waals surface area contributed by atoms with Crippen LogP contribution in [0.15, 0.2) is 319 Å². The van der Waals surface area contributed by atoms with Crippen molar-refractivity contribution in [3.63, 3.8) is 0 Å². The van der Waals surface area contributed by atoms with Crippen molar-refractivity contribution in [3.05, 3.63) is 337 Å². The van der Waals surface area contributed by atoms with Crippen LogP contribution in [0.1, 0.15) is 127 Å². The summed E-state index contributed by atoms with van der Waals surface area (Å²) in [5, 5.41) is 2.83. The molecule has 546 valence electrons. The number of nitrogens with zero attached hydrogens (tertiary/aromatic N) is 5. The summed E-state index contributed by atoms with van der Waals surface area (Å²) in [7, 11) is 0. The summed E-state index contributed by atoms with van der Waals surface area (Å²) in [6.07, 6.45) is 0. The van der Waals surface area contributed by atoms with Crippen LogP contribution in [-0.4, -0.2) is 20.4 Å². The van der Waals surface area contributed by atoms with Gasteiger partial charge in [0.25, 0.3) is 6.71 Å². The van der Waals surface area contributed by atoms with Crippen molar-refractivity contribution >= 4 is 145 Å². The SMILES string of the molecule is [2H]c1c([2H])c([2H])c2c(c1[2H])c1c([2H])c([2H])c([2H])c([2H])c1n2-c1cc2c3c(c1)N(c1cccc4c1oc1c(-n5c6c([2H])c([2H])c([2H])c([2H])c6c6c([2H])c([2H])c([2H])c([2H])c65)cccc14)c1cc(-n4c5ccc(C(C)(C)C)cc5c5cc(C(C)(C)C)ccc54)ccc1B3c1ccc(-c3cc(C(C)(C)C)cc(C(C)(C)C)c3)cc1N2c1cc(-c2ccccc2)cc(-c2ccccc2)c1. The predicted molar refractivity (Wildman–Crippen MR) is 482 cm³/mol. The Balaban J connectivity index is 0.959. The van der Waals surface area contributed by atoms with Gasteiger partial charge in [-0.1, -0.05) is 289 Å². The summed E-state index contributed by atoms with van der Waals surface area (Å²) in [5.74, 6) is 0. The molecule has 0 N–H and O–H groups in total. The summed E-state index contributed by atoms with van der Waals surface area (Å²) in [6.45, 7) is 26.1. The van der Waals surface area contributed by atoms with Gasteiger partial charge in [-0.15, -0.1) is 0 Å². The van der Waals surface area contributed by atoms with E-state index < -0.39 is 103 Å². The van der Waals surface area contributed by atoms with Crippen molar-refractivity contribution in [2.75, 3.05) is 9.80 Å². The minimum atomic E-state index is -0.674. The van der Waals surface area contributed by atoms with E-state index in [1.807, 2.05) is 72.8 Å². The third-order valence-electron chi connectivity index (χ3n) is 23.5. The summed E-state index contributed by atoms with van der Waals surface area (Å²) in [6, 6.07) is 67.6. The fourth-order valence-corrected chi connectivity index (χ4v) is 17.7. The van der Waals surface area contributed by atoms with Crippen molar-refractivity contribution in [2.24, 2.45) is 0 Å². The van der Waals surface area contributed by atoms with Gasteiger partial charge in [-0.25, -0.2) is 0 Å². The zero-order valence-electron chi connectivity index (χ0n) is 81.0. The molecule has 0 aliphatic carbocycles. The molecule has 19 aromatic rings. The Morgan fingerprint density at radius 2 is 0.681 bits per heavy atom. The van der Waals surface area contributed by atoms with Crippen LogP contribution < -0.4 is 26.2 Å². The van der Waals surface area contributed by atoms with E-state index >= 15 is 0 Å². The van der Waals surface area contributed by atoms with Gasteiger partial charge in [0.2, 0.25) is 0 Å². The molecule has 4 aromatic heterocycles. The average molecular weight is 1470 g/mol. The van der Waals surface area contributed by atoms with Crippen LogP contribution >= 0.6 is 0 Å². The van der Waals surface area contributed by atoms with Crippen LogP contribution in [0, 0.1) is 0 Å². The maximum atomic E-state index is 10.2. The molecule has 0 saturated heterocycles. The molecule has 0 fully saturated rings. The van der Waals surface area contributed by atoms with E-state index in [-0.39, 0.29) is 82.2 Å². The molecular formula is C106H88BN5O. The number of anilines is 6. The highest BCUT2D eigenvalue weighted by molar-refractivity contribution is 7.00. The standard InChI is InChI=1S/C106H88BN5O/c1-103(2,3)71-46-51-92-84(60-71)85-61-72(104(4,5)6)47-52-93(85)108(92)75-48-50-87-97(62-75)112(95-44-28-38-83-82-37-27-43-94(101(82)113-102(83)95)111-90-41-25-21-35-80(90)81-36-22-26-42-91(81)111)99-64-77(109-88-39-23-19-33-78(88)79-34-20-24-40-89(79)109)63-98-100(99)107(87)86-49-45-67(70-54-73(105(7,8)9)59-74(55-70)106(10,11)12)58-96(86)110(98)76-56-68(65-29-15-13-16-30-65)53-69(57-76)66-31-17-14-18-32-66/h13-64H,1-12H3/i19D,20D,21D,22D,23D,24D,25D,26D,33D,34D,35D,36D,39D,40D,41D,42D. The van der Waals surface area contributed by atoms with Crippen LogP contribution in [0.5, 0.6) is 0 Å². The van der Waals surface area contributed by atoms with Crippen molar-refractivity contribution < 1.29 is 26.3 Å². The number of hydrogen-bond acceptors (Lipinski definition) is 3. The minimum absolute atomic E-state index is 0.0880. The van der Waals surface area contributed by atoms with Gasteiger partial charge in [0.15, 0.2) is 11.2 Å². The molecule has 0 spiro atoms. The molecule has 7 heteroatoms. The molecule has 0 unspecified atom stereocenters. The zero-order valence-corrected chi connectivity index (χ0v) is 65.0. The van der Waals surface area contributed by atoms with E-state index in [9.17, 15) is 19.2 Å². The maximum absolute atomic E-state index is 10.2. The fourth-order valence-electron chi connectivity index (χ4n) is 17.7. The van der Waals surface area contributed by atoms with Gasteiger partial charge in [0, 0.05) is 77.2 Å². The Morgan fingerprint density at radius 1 is 0.257 bits per heavy atom. The zero-order chi connectivity index (χ0) is 90.8. The van der Waals surface area contributed by atoms with E-state index in [0.717, 1.165) is 111 Å². The summed E-state index contributed by atoms with van der Waals surface area (Å²) < 4.78 is 166. The highest BCUT2D eigenvalue weighted by Gasteiger charge is 2.45. The Labute approximate surface area is 683 Å². The molecule has 0 radical (unpaired) electrons. The Morgan fingerprint density at radius 3 is 1.19 bits per heavy atom. The highest BCUT2D eigenvalue weighted by atomic mass is 16.3. The first-order valence-electron chi connectivity index (χ1n) is 46.8. The number of benzene rings is 15. The number of furan rings is 1. The smallest absolute Gasteiger partial charge is 0.252 e. The van der Waals surface area contributed by atoms with Gasteiger partial charge in [0.05, 0.1) is 72.1 Å². The van der Waals surface area contributed by atoms with Crippen molar-refractivity contribution in [1.82, 2.24) is 13.7 Å². The highest BCUT2D eigenvalue weighted by Crippen LogP contribution is 2.52. The summed E-state index contributed by atoms with van der Waals surface area (Å²) in [5.41, 5.74) is 18.9. The molecule has 0 atom stereocenters. The molecule has 0 saturated carbocycles. The monoisotopic (exact) mass is 1470 g/mol. The van der Waals surface area contributed by atoms with Crippen LogP contribution in [-0.2, 0) is 21.7 Å². The fraction of sp³-hybridized carbons (Fsp3) is 0.151. The Hall–Kier alpha value is -12.8. The number of hydrogen-bond donors (Lipinski definition) is 0. The average Bonchev–Trinajstić information content (AvgIpc) is 1.61. The number of aromatic nitrogens is 3. The second-order valence-electron chi connectivity index (χ2n) is 34.6. The van der Waals surface area contributed by atoms with Gasteiger partial charge in [-0.3, -0.25) is 0 Å². The Bertz CT molecular complexity index is 7890. The number of rotatable bonds is 8. The summed E-state index contributed by atoms with van der Waals surface area (Å²) >= 11 is 0. The van der Waals surface area contributed by atoms with E-state index in [0.29, 0.717) is 39.1 Å². The lowest BCUT2D eigenvalue weighted by Gasteiger charge is -2.44. The van der Waals surface area contributed by atoms with Crippen LogP contribution in [0.2, 0.25) is 0 Å². The van der Waals surface area contributed by atoms with Gasteiger partial charge >= 0.3 is 0 Å². The minimum Gasteiger partial charge on any atom is -0.452 e. The molecule has 2 aliphatic rings. The summed E-state index contributed by atoms with van der Waals surface area (Å²) in [4.78, 5) is 4.47. The lowest BCUT2D eigenvalue weighted by Crippen LogP contribution is -2.61. The van der Waals surface area contributed by atoms with Crippen molar-refractivity contribution in [2.45, 2.75) is 105 Å². The first-order valence-corrected chi connectivity index (χ1v) is 38.8. The molecule has 21 rings (SSSR count). The van der Waals surface area contributed by atoms with Gasteiger partial charge < -0.3 is 27.9 Å². The molecule has 6 nitrogen and oxygen atoms in total. The van der Waals surface area contributed by atoms with Crippen LogP contribution in [0.25, 0.3) is 138 Å². The molecule has 2 aliphatic heterocycles. The van der Waals surface area contributed by atoms with E-state index in [4.69, 9.17) is 7.16 Å². The topological polar surface area (TPSA) is 34.4 Å². The largest absolute Gasteiger partial charge is 0.452 e. The van der Waals surface area contributed by atoms with E-state index in [2.05, 4.69) is 231 Å². The van der Waals surface area contributed by atoms with Gasteiger partial charge in [-0.05, 0) is 203 Å². The number of para-hydroxylation sites is 6. The first kappa shape index (κ1) is 53.1. The molecule has 6 heterocycles. The molecular weight excluding hydrogens is 1370 g/mol. The second kappa shape index (κ2) is 24.8. The third-order valence-corrected chi connectivity index (χ3v) is 23.5. The lowest BCUT2D eigenvalue weighted by molar-refractivity contribution is 0.569. The van der Waals surface area contributed by atoms with E-state index in [1.54, 1.807) is 16.7 Å². The quantitative estimate of drug-likeness (QED) is 0.142. The normalized spacial score (nSPS) is 15.2. The number of fused-ring (bicyclic) bond motifs is 16. The van der Waals surface area contributed by atoms with Crippen molar-refractivity contribution in [3.8, 4) is 50.4 Å². The van der Waals surface area contributed by atoms with Gasteiger partial charge in [-0.2, -0.15) is 0 Å². The van der Waals surface area contributed by atoms with E-state index in [1.165, 1.54) is 4.57 Å². The molecule has 0 amide bonds. The molecule has 0 bridgehead atoms. The van der Waals surface area contributed by atoms with Crippen molar-refractivity contribution in [1.29, 1.82) is 0 Å². The molecule has 15 aromatic carbocycles. The van der Waals surface area contributed by atoms with Crippen LogP contribution in [0.3, 0.4) is 0 Å².